The average molecular weight is 385 g/mol. The van der Waals surface area contributed by atoms with Crippen molar-refractivity contribution in [1.82, 2.24) is 15.4 Å². The maximum Gasteiger partial charge on any atom is 0.240 e. The number of aliphatic imine (C=N–C) groups is 1. The second kappa shape index (κ2) is 12.7. The third-order valence-corrected chi connectivity index (χ3v) is 5.27. The first kappa shape index (κ1) is 22.4. The van der Waals surface area contributed by atoms with Gasteiger partial charge < -0.3 is 15.4 Å². The summed E-state index contributed by atoms with van der Waals surface area (Å²) in [4.78, 5) is 4.44. The number of nitrogens with zero attached hydrogens (tertiary/aromatic N) is 1. The number of sulfonamides is 1. The van der Waals surface area contributed by atoms with E-state index in [1.54, 1.807) is 25.2 Å². The lowest BCUT2D eigenvalue weighted by molar-refractivity contribution is 0.204. The number of hydrogen-bond donors (Lipinski definition) is 3. The molecule has 0 aliphatic heterocycles. The van der Waals surface area contributed by atoms with Crippen molar-refractivity contribution in [2.75, 3.05) is 33.9 Å². The van der Waals surface area contributed by atoms with Gasteiger partial charge in [0.05, 0.1) is 11.5 Å². The summed E-state index contributed by atoms with van der Waals surface area (Å²) < 4.78 is 31.9. The van der Waals surface area contributed by atoms with E-state index < -0.39 is 10.0 Å². The molecule has 0 spiro atoms. The summed E-state index contributed by atoms with van der Waals surface area (Å²) in [5.41, 5.74) is 0.869. The molecule has 0 fully saturated rings. The van der Waals surface area contributed by atoms with E-state index in [0.717, 1.165) is 18.5 Å². The fraction of sp³-hybridized carbons (Fsp3) is 0.611. The first-order valence-electron chi connectivity index (χ1n) is 9.05. The van der Waals surface area contributed by atoms with Crippen LogP contribution < -0.4 is 15.4 Å². The third-order valence-electron chi connectivity index (χ3n) is 3.81. The molecule has 1 aromatic rings. The second-order valence-corrected chi connectivity index (χ2v) is 7.72. The molecule has 0 heterocycles. The van der Waals surface area contributed by atoms with Gasteiger partial charge in [0.25, 0.3) is 0 Å². The zero-order valence-corrected chi connectivity index (χ0v) is 16.9. The number of benzene rings is 1. The number of rotatable bonds is 12. The molecule has 0 saturated heterocycles. The molecule has 1 rings (SSSR count). The fourth-order valence-electron chi connectivity index (χ4n) is 2.35. The predicted octanol–water partition coefficient (Wildman–Crippen LogP) is 1.86. The van der Waals surface area contributed by atoms with E-state index in [2.05, 4.69) is 27.3 Å². The van der Waals surface area contributed by atoms with Gasteiger partial charge in [0, 0.05) is 33.8 Å². The van der Waals surface area contributed by atoms with Crippen LogP contribution in [0.4, 0.5) is 0 Å². The smallest absolute Gasteiger partial charge is 0.240 e. The first-order chi connectivity index (χ1) is 12.5. The van der Waals surface area contributed by atoms with E-state index in [9.17, 15) is 8.42 Å². The van der Waals surface area contributed by atoms with Gasteiger partial charge in [0.1, 0.15) is 0 Å². The van der Waals surface area contributed by atoms with Gasteiger partial charge in [0.15, 0.2) is 5.96 Å². The number of ether oxygens (including phenoxy) is 1. The van der Waals surface area contributed by atoms with Crippen LogP contribution in [-0.2, 0) is 21.3 Å². The third kappa shape index (κ3) is 8.64. The molecular weight excluding hydrogens is 352 g/mol. The zero-order valence-electron chi connectivity index (χ0n) is 16.0. The van der Waals surface area contributed by atoms with Crippen molar-refractivity contribution in [3.05, 3.63) is 29.8 Å². The van der Waals surface area contributed by atoms with Gasteiger partial charge in [-0.25, -0.2) is 13.1 Å². The minimum Gasteiger partial charge on any atom is -0.383 e. The number of hydrogen-bond acceptors (Lipinski definition) is 4. The van der Waals surface area contributed by atoms with Crippen molar-refractivity contribution < 1.29 is 13.2 Å². The van der Waals surface area contributed by atoms with Crippen molar-refractivity contribution in [3.8, 4) is 0 Å². The van der Waals surface area contributed by atoms with Gasteiger partial charge in [-0.05, 0) is 24.1 Å². The molecule has 0 saturated carbocycles. The van der Waals surface area contributed by atoms with E-state index in [1.165, 1.54) is 26.4 Å². The van der Waals surface area contributed by atoms with Gasteiger partial charge in [-0.1, -0.05) is 38.3 Å². The summed E-state index contributed by atoms with van der Waals surface area (Å²) in [5, 5.41) is 6.48. The topological polar surface area (TPSA) is 91.8 Å². The monoisotopic (exact) mass is 384 g/mol. The van der Waals surface area contributed by atoms with Crippen molar-refractivity contribution in [2.45, 2.75) is 44.0 Å². The molecule has 26 heavy (non-hydrogen) atoms. The quantitative estimate of drug-likeness (QED) is 0.291. The Hall–Kier alpha value is -1.64. The highest BCUT2D eigenvalue weighted by Crippen LogP contribution is 2.11. The van der Waals surface area contributed by atoms with E-state index in [4.69, 9.17) is 4.74 Å². The summed E-state index contributed by atoms with van der Waals surface area (Å²) in [5.74, 6) is 0.716. The van der Waals surface area contributed by atoms with Crippen molar-refractivity contribution in [3.63, 3.8) is 0 Å². The maximum absolute atomic E-state index is 12.3. The zero-order chi connectivity index (χ0) is 19.3. The summed E-state index contributed by atoms with van der Waals surface area (Å²) >= 11 is 0. The van der Waals surface area contributed by atoms with Crippen LogP contribution in [0.2, 0.25) is 0 Å². The number of guanidine groups is 1. The Morgan fingerprint density at radius 3 is 2.65 bits per heavy atom. The number of methoxy groups -OCH3 is 1. The second-order valence-electron chi connectivity index (χ2n) is 5.95. The molecule has 0 amide bonds. The standard InChI is InChI=1S/C18H32N4O3S/c1-4-5-6-7-11-20-18(19-2)21-15-16-9-8-10-17(14-16)26(23,24)22-12-13-25-3/h8-10,14,22H,4-7,11-13,15H2,1-3H3,(H2,19,20,21). The summed E-state index contributed by atoms with van der Waals surface area (Å²) in [6, 6.07) is 6.87. The Labute approximate surface area is 157 Å². The molecule has 148 valence electrons. The van der Waals surface area contributed by atoms with Gasteiger partial charge in [-0.2, -0.15) is 0 Å². The van der Waals surface area contributed by atoms with Crippen LogP contribution in [0.1, 0.15) is 38.2 Å². The van der Waals surface area contributed by atoms with Crippen LogP contribution in [0, 0.1) is 0 Å². The minimum atomic E-state index is -3.53. The predicted molar refractivity (Wildman–Crippen MR) is 106 cm³/mol. The maximum atomic E-state index is 12.3. The van der Waals surface area contributed by atoms with Gasteiger partial charge in [-0.3, -0.25) is 4.99 Å². The van der Waals surface area contributed by atoms with Crippen LogP contribution in [-0.4, -0.2) is 48.2 Å². The fourth-order valence-corrected chi connectivity index (χ4v) is 3.43. The van der Waals surface area contributed by atoms with E-state index >= 15 is 0 Å². The molecule has 0 bridgehead atoms. The van der Waals surface area contributed by atoms with Crippen molar-refractivity contribution in [1.29, 1.82) is 0 Å². The van der Waals surface area contributed by atoms with Gasteiger partial charge in [-0.15, -0.1) is 0 Å². The Balaban J connectivity index is 2.54. The summed E-state index contributed by atoms with van der Waals surface area (Å²) in [6.07, 6.45) is 4.77. The van der Waals surface area contributed by atoms with E-state index in [0.29, 0.717) is 19.1 Å². The van der Waals surface area contributed by atoms with Crippen LogP contribution >= 0.6 is 0 Å². The minimum absolute atomic E-state index is 0.246. The first-order valence-corrected chi connectivity index (χ1v) is 10.5. The molecular formula is C18H32N4O3S. The Kier molecular flexibility index (Phi) is 10.9. The molecule has 0 aliphatic rings. The highest BCUT2D eigenvalue weighted by Gasteiger charge is 2.13. The highest BCUT2D eigenvalue weighted by atomic mass is 32.2. The lowest BCUT2D eigenvalue weighted by Crippen LogP contribution is -2.37. The summed E-state index contributed by atoms with van der Waals surface area (Å²) in [6.45, 7) is 4.14. The molecule has 8 heteroatoms. The molecule has 7 nitrogen and oxygen atoms in total. The van der Waals surface area contributed by atoms with E-state index in [-0.39, 0.29) is 11.4 Å². The number of nitrogens with one attached hydrogen (secondary N) is 3. The molecule has 0 unspecified atom stereocenters. The molecule has 3 N–H and O–H groups in total. The van der Waals surface area contributed by atoms with Crippen molar-refractivity contribution >= 4 is 16.0 Å². The van der Waals surface area contributed by atoms with E-state index in [1.807, 2.05) is 6.07 Å². The van der Waals surface area contributed by atoms with Crippen LogP contribution in [0.5, 0.6) is 0 Å². The molecule has 1 aromatic carbocycles. The Bertz CT molecular complexity index is 648. The lowest BCUT2D eigenvalue weighted by atomic mass is 10.2. The molecule has 0 radical (unpaired) electrons. The van der Waals surface area contributed by atoms with Crippen LogP contribution in [0.15, 0.2) is 34.2 Å². The Morgan fingerprint density at radius 2 is 1.96 bits per heavy atom. The normalized spacial score (nSPS) is 12.2. The molecule has 0 atom stereocenters. The van der Waals surface area contributed by atoms with Gasteiger partial charge >= 0.3 is 0 Å². The lowest BCUT2D eigenvalue weighted by Gasteiger charge is -2.13. The van der Waals surface area contributed by atoms with Crippen molar-refractivity contribution in [2.24, 2.45) is 4.99 Å². The molecule has 0 aromatic heterocycles. The average Bonchev–Trinajstić information content (AvgIpc) is 2.64. The molecule has 0 aliphatic carbocycles. The van der Waals surface area contributed by atoms with Crippen LogP contribution in [0.3, 0.4) is 0 Å². The number of unbranched alkanes of at least 4 members (excludes halogenated alkanes) is 3. The Morgan fingerprint density at radius 1 is 1.15 bits per heavy atom. The highest BCUT2D eigenvalue weighted by molar-refractivity contribution is 7.89. The van der Waals surface area contributed by atoms with Gasteiger partial charge in [0.2, 0.25) is 10.0 Å². The SMILES string of the molecule is CCCCCCNC(=NC)NCc1cccc(S(=O)(=O)NCCOC)c1. The largest absolute Gasteiger partial charge is 0.383 e. The van der Waals surface area contributed by atoms with Crippen LogP contribution in [0.25, 0.3) is 0 Å². The summed E-state index contributed by atoms with van der Waals surface area (Å²) in [7, 11) is -0.269.